The molecule has 1 saturated carbocycles. The van der Waals surface area contributed by atoms with E-state index in [4.69, 9.17) is 9.84 Å². The molecule has 0 amide bonds. The lowest BCUT2D eigenvalue weighted by Gasteiger charge is -2.45. The van der Waals surface area contributed by atoms with Crippen molar-refractivity contribution >= 4 is 5.97 Å². The molecule has 3 fully saturated rings. The normalized spacial score (nSPS) is 30.7. The zero-order valence-electron chi connectivity index (χ0n) is 20.9. The van der Waals surface area contributed by atoms with Crippen LogP contribution < -0.4 is 5.32 Å². The first-order valence-electron chi connectivity index (χ1n) is 12.8. The van der Waals surface area contributed by atoms with Gasteiger partial charge in [-0.05, 0) is 73.4 Å². The number of aliphatic hydroxyl groups excluding tert-OH is 4. The Balaban J connectivity index is 0.000000360. The number of carbonyl (C=O) groups is 1. The summed E-state index contributed by atoms with van der Waals surface area (Å²) in [5.74, 6) is -2.41. The molecule has 10 heteroatoms. The number of nitriles is 1. The zero-order valence-corrected chi connectivity index (χ0v) is 20.9. The summed E-state index contributed by atoms with van der Waals surface area (Å²) < 4.78 is 5.39. The molecule has 38 heavy (non-hydrogen) atoms. The third kappa shape index (κ3) is 6.06. The third-order valence-electron chi connectivity index (χ3n) is 7.39. The van der Waals surface area contributed by atoms with E-state index in [1.165, 1.54) is 30.5 Å². The topological polar surface area (TPSA) is 184 Å². The molecule has 2 saturated heterocycles. The molecule has 5 rings (SSSR count). The van der Waals surface area contributed by atoms with E-state index in [0.29, 0.717) is 23.5 Å². The van der Waals surface area contributed by atoms with Gasteiger partial charge in [-0.2, -0.15) is 5.26 Å². The number of nitrogens with one attached hydrogen (secondary N) is 1. The van der Waals surface area contributed by atoms with Gasteiger partial charge >= 0.3 is 5.97 Å². The van der Waals surface area contributed by atoms with E-state index in [1.54, 1.807) is 6.07 Å². The molecular formula is C28H34N2O8. The van der Waals surface area contributed by atoms with Gasteiger partial charge in [0.2, 0.25) is 5.79 Å². The van der Waals surface area contributed by atoms with Crippen molar-refractivity contribution in [3.05, 3.63) is 70.3 Å². The van der Waals surface area contributed by atoms with Gasteiger partial charge in [0, 0.05) is 5.56 Å². The first-order chi connectivity index (χ1) is 18.2. The number of aliphatic hydroxyl groups is 5. The molecule has 1 aliphatic carbocycles. The lowest BCUT2D eigenvalue weighted by atomic mass is 9.86. The maximum atomic E-state index is 11.0. The maximum absolute atomic E-state index is 11.0. The highest BCUT2D eigenvalue weighted by atomic mass is 16.7. The van der Waals surface area contributed by atoms with Crippen LogP contribution in [0.2, 0.25) is 0 Å². The standard InChI is InChI=1S/C23H25NO6.C5H9NO2/c24-11-16-7-8-18(23(29)22(28)21(27)20(26)19(12-25)30-23)10-17(16)9-13-1-3-14(4-2-13)15-5-6-15;7-5(8)4-2-1-3-6-4/h1-4,7-8,10,15,19-22,25-29H,5-6,9,12H2;4,6H,1-3H2,(H,7,8)/t19-,20-,21+,22-,23?;4-/m10/s1. The van der Waals surface area contributed by atoms with Crippen molar-refractivity contribution in [3.63, 3.8) is 0 Å². The Morgan fingerprint density at radius 3 is 2.32 bits per heavy atom. The SMILES string of the molecule is N#Cc1ccc(C2(O)O[C@H](CO)[C@@H](O)[C@H](O)[C@H]2O)cc1Cc1ccc(C2CC2)cc1.O=C(O)[C@@H]1CCCN1. The highest BCUT2D eigenvalue weighted by Crippen LogP contribution is 2.40. The van der Waals surface area contributed by atoms with Crippen LogP contribution in [0.25, 0.3) is 0 Å². The van der Waals surface area contributed by atoms with Crippen LogP contribution in [-0.2, 0) is 21.7 Å². The van der Waals surface area contributed by atoms with Crippen molar-refractivity contribution in [2.75, 3.05) is 13.2 Å². The molecule has 204 valence electrons. The molecule has 2 heterocycles. The van der Waals surface area contributed by atoms with Crippen molar-refractivity contribution in [2.45, 2.75) is 74.3 Å². The predicted molar refractivity (Wildman–Crippen MR) is 135 cm³/mol. The van der Waals surface area contributed by atoms with Crippen LogP contribution >= 0.6 is 0 Å². The molecule has 1 unspecified atom stereocenters. The zero-order chi connectivity index (χ0) is 27.4. The second kappa shape index (κ2) is 11.9. The van der Waals surface area contributed by atoms with Crippen molar-refractivity contribution in [1.82, 2.24) is 5.32 Å². The van der Waals surface area contributed by atoms with Crippen molar-refractivity contribution in [2.24, 2.45) is 0 Å². The van der Waals surface area contributed by atoms with E-state index in [2.05, 4.69) is 23.5 Å². The van der Waals surface area contributed by atoms with Crippen LogP contribution in [0.15, 0.2) is 42.5 Å². The number of rotatable bonds is 6. The highest BCUT2D eigenvalue weighted by molar-refractivity contribution is 5.73. The third-order valence-corrected chi connectivity index (χ3v) is 7.39. The van der Waals surface area contributed by atoms with Gasteiger partial charge in [-0.1, -0.05) is 30.3 Å². The Kier molecular flexibility index (Phi) is 8.80. The van der Waals surface area contributed by atoms with Gasteiger partial charge < -0.3 is 40.7 Å². The van der Waals surface area contributed by atoms with Gasteiger partial charge in [-0.3, -0.25) is 4.79 Å². The Labute approximate surface area is 220 Å². The molecule has 2 aromatic rings. The summed E-state index contributed by atoms with van der Waals surface area (Å²) in [5, 5.41) is 71.6. The van der Waals surface area contributed by atoms with Crippen molar-refractivity contribution in [3.8, 4) is 6.07 Å². The molecule has 2 aliphatic heterocycles. The molecule has 2 aromatic carbocycles. The molecule has 0 radical (unpaired) electrons. The van der Waals surface area contributed by atoms with E-state index >= 15 is 0 Å². The number of nitrogens with zero attached hydrogens (tertiary/aromatic N) is 1. The molecular weight excluding hydrogens is 492 g/mol. The van der Waals surface area contributed by atoms with E-state index in [0.717, 1.165) is 24.9 Å². The molecule has 0 spiro atoms. The van der Waals surface area contributed by atoms with Crippen molar-refractivity contribution in [1.29, 1.82) is 5.26 Å². The average molecular weight is 527 g/mol. The molecule has 7 N–H and O–H groups in total. The minimum atomic E-state index is -2.34. The fourth-order valence-corrected chi connectivity index (χ4v) is 4.90. The first kappa shape index (κ1) is 28.1. The maximum Gasteiger partial charge on any atom is 0.320 e. The van der Waals surface area contributed by atoms with Gasteiger partial charge in [-0.15, -0.1) is 0 Å². The molecule has 10 nitrogen and oxygen atoms in total. The Bertz CT molecular complexity index is 1150. The lowest BCUT2D eigenvalue weighted by molar-refractivity contribution is -0.357. The van der Waals surface area contributed by atoms with Crippen LogP contribution in [0.4, 0.5) is 0 Å². The number of benzene rings is 2. The van der Waals surface area contributed by atoms with Gasteiger partial charge in [-0.25, -0.2) is 0 Å². The number of carboxylic acids is 1. The lowest BCUT2D eigenvalue weighted by Crippen LogP contribution is -2.63. The quantitative estimate of drug-likeness (QED) is 0.279. The minimum absolute atomic E-state index is 0.128. The van der Waals surface area contributed by atoms with E-state index < -0.39 is 42.8 Å². The van der Waals surface area contributed by atoms with Gasteiger partial charge in [0.05, 0.1) is 18.2 Å². The van der Waals surface area contributed by atoms with Gasteiger partial charge in [0.1, 0.15) is 30.5 Å². The predicted octanol–water partition coefficient (Wildman–Crippen LogP) is 0.468. The van der Waals surface area contributed by atoms with Gasteiger partial charge in [0.15, 0.2) is 0 Å². The van der Waals surface area contributed by atoms with Crippen LogP contribution in [0.5, 0.6) is 0 Å². The molecule has 0 bridgehead atoms. The van der Waals surface area contributed by atoms with Crippen LogP contribution in [0, 0.1) is 11.3 Å². The van der Waals surface area contributed by atoms with Crippen LogP contribution in [0.3, 0.4) is 0 Å². The Hall–Kier alpha value is -2.88. The second-order valence-corrected chi connectivity index (χ2v) is 10.1. The molecule has 6 atom stereocenters. The summed E-state index contributed by atoms with van der Waals surface area (Å²) >= 11 is 0. The summed E-state index contributed by atoms with van der Waals surface area (Å²) in [6.45, 7) is 0.209. The van der Waals surface area contributed by atoms with E-state index in [-0.39, 0.29) is 11.6 Å². The van der Waals surface area contributed by atoms with E-state index in [9.17, 15) is 35.6 Å². The molecule has 3 aliphatic rings. The van der Waals surface area contributed by atoms with E-state index in [1.807, 2.05) is 12.1 Å². The summed E-state index contributed by atoms with van der Waals surface area (Å²) in [6.07, 6.45) is -1.72. The van der Waals surface area contributed by atoms with Crippen LogP contribution in [0.1, 0.15) is 59.4 Å². The Morgan fingerprint density at radius 2 is 1.79 bits per heavy atom. The monoisotopic (exact) mass is 526 g/mol. The number of aliphatic carboxylic acids is 1. The van der Waals surface area contributed by atoms with Crippen molar-refractivity contribution < 1.29 is 40.2 Å². The number of hydrogen-bond acceptors (Lipinski definition) is 9. The summed E-state index contributed by atoms with van der Waals surface area (Å²) in [5.41, 5.74) is 3.47. The minimum Gasteiger partial charge on any atom is -0.480 e. The molecule has 0 aromatic heterocycles. The summed E-state index contributed by atoms with van der Waals surface area (Å²) in [7, 11) is 0. The van der Waals surface area contributed by atoms with Crippen LogP contribution in [-0.4, -0.2) is 80.2 Å². The number of ether oxygens (including phenoxy) is 1. The summed E-state index contributed by atoms with van der Waals surface area (Å²) in [4.78, 5) is 10.1. The number of hydrogen-bond donors (Lipinski definition) is 7. The average Bonchev–Trinajstić information content (AvgIpc) is 3.62. The largest absolute Gasteiger partial charge is 0.480 e. The second-order valence-electron chi connectivity index (χ2n) is 10.1. The number of carboxylic acid groups (broad SMARTS) is 1. The summed E-state index contributed by atoms with van der Waals surface area (Å²) in [6, 6.07) is 14.6. The Morgan fingerprint density at radius 1 is 1.08 bits per heavy atom. The highest BCUT2D eigenvalue weighted by Gasteiger charge is 2.53. The first-order valence-corrected chi connectivity index (χ1v) is 12.8. The fourth-order valence-electron chi connectivity index (χ4n) is 4.90. The fraction of sp³-hybridized carbons (Fsp3) is 0.500. The van der Waals surface area contributed by atoms with Gasteiger partial charge in [0.25, 0.3) is 0 Å². The smallest absolute Gasteiger partial charge is 0.320 e.